The van der Waals surface area contributed by atoms with Gasteiger partial charge in [0.1, 0.15) is 12.4 Å². The number of rotatable bonds is 9. The predicted molar refractivity (Wildman–Crippen MR) is 148 cm³/mol. The Morgan fingerprint density at radius 2 is 1.72 bits per heavy atom. The van der Waals surface area contributed by atoms with Crippen molar-refractivity contribution in [2.75, 3.05) is 13.2 Å². The first kappa shape index (κ1) is 24.5. The molecule has 1 N–H and O–H groups in total. The van der Waals surface area contributed by atoms with Crippen LogP contribution in [-0.4, -0.2) is 54.0 Å². The first-order valence-corrected chi connectivity index (χ1v) is 13.1. The number of unbranched alkanes of at least 4 members (excludes halogenated alkanes) is 1. The standard InChI is InChI=1S/C29H28N8O2/c1-2-3-12-26-33-37(25-11-7-6-10-24(25)28-30-17-18-39-28)29(38)36(26)19-20-13-15-21(16-14-20)22-8-4-5-9-23(22)27-31-34-35-32-27/h4-11,13-16H,2-3,12,17-19H2,1H3,(H,31,32,34,35). The van der Waals surface area contributed by atoms with Gasteiger partial charge in [-0.15, -0.1) is 15.3 Å². The average molecular weight is 521 g/mol. The first-order chi connectivity index (χ1) is 19.2. The van der Waals surface area contributed by atoms with E-state index in [0.717, 1.165) is 46.5 Å². The molecule has 0 bridgehead atoms. The molecular weight excluding hydrogens is 492 g/mol. The Labute approximate surface area is 225 Å². The van der Waals surface area contributed by atoms with Crippen LogP contribution in [0.4, 0.5) is 0 Å². The third-order valence-electron chi connectivity index (χ3n) is 6.76. The van der Waals surface area contributed by atoms with Crippen LogP contribution in [0.1, 0.15) is 36.7 Å². The minimum atomic E-state index is -0.182. The summed E-state index contributed by atoms with van der Waals surface area (Å²) in [5.74, 6) is 1.86. The molecule has 0 unspecified atom stereocenters. The number of hydrogen-bond acceptors (Lipinski definition) is 7. The number of aromatic nitrogens is 7. The second-order valence-electron chi connectivity index (χ2n) is 9.33. The number of hydrogen-bond donors (Lipinski definition) is 1. The van der Waals surface area contributed by atoms with Crippen molar-refractivity contribution in [2.24, 2.45) is 4.99 Å². The van der Waals surface area contributed by atoms with E-state index < -0.39 is 0 Å². The summed E-state index contributed by atoms with van der Waals surface area (Å²) >= 11 is 0. The Bertz CT molecular complexity index is 1670. The fourth-order valence-electron chi connectivity index (χ4n) is 4.79. The van der Waals surface area contributed by atoms with Crippen molar-refractivity contribution < 1.29 is 4.74 Å². The Kier molecular flexibility index (Phi) is 6.82. The highest BCUT2D eigenvalue weighted by Gasteiger charge is 2.21. The van der Waals surface area contributed by atoms with Gasteiger partial charge in [-0.05, 0) is 40.5 Å². The molecule has 2 aromatic heterocycles. The fraction of sp³-hybridized carbons (Fsp3) is 0.241. The van der Waals surface area contributed by atoms with Gasteiger partial charge in [-0.25, -0.2) is 9.79 Å². The van der Waals surface area contributed by atoms with E-state index in [-0.39, 0.29) is 5.69 Å². The second-order valence-corrected chi connectivity index (χ2v) is 9.33. The molecular formula is C29H28N8O2. The van der Waals surface area contributed by atoms with Crippen molar-refractivity contribution in [2.45, 2.75) is 32.7 Å². The number of ether oxygens (including phenoxy) is 1. The average Bonchev–Trinajstić information content (AvgIpc) is 3.76. The van der Waals surface area contributed by atoms with Crippen LogP contribution >= 0.6 is 0 Å². The molecule has 196 valence electrons. The molecule has 0 atom stereocenters. The van der Waals surface area contributed by atoms with Crippen molar-refractivity contribution >= 4 is 5.90 Å². The lowest BCUT2D eigenvalue weighted by Gasteiger charge is -2.09. The molecule has 0 spiro atoms. The van der Waals surface area contributed by atoms with Crippen LogP contribution in [-0.2, 0) is 17.7 Å². The van der Waals surface area contributed by atoms with E-state index >= 15 is 0 Å². The molecule has 0 amide bonds. The zero-order valence-electron chi connectivity index (χ0n) is 21.6. The van der Waals surface area contributed by atoms with Crippen LogP contribution in [0.5, 0.6) is 0 Å². The van der Waals surface area contributed by atoms with Gasteiger partial charge >= 0.3 is 5.69 Å². The summed E-state index contributed by atoms with van der Waals surface area (Å²) in [4.78, 5) is 18.2. The quantitative estimate of drug-likeness (QED) is 0.314. The van der Waals surface area contributed by atoms with Crippen molar-refractivity contribution in [3.8, 4) is 28.2 Å². The number of nitrogens with zero attached hydrogens (tertiary/aromatic N) is 7. The second kappa shape index (κ2) is 10.9. The van der Waals surface area contributed by atoms with Gasteiger partial charge in [0.25, 0.3) is 0 Å². The van der Waals surface area contributed by atoms with E-state index in [4.69, 9.17) is 9.84 Å². The maximum Gasteiger partial charge on any atom is 0.351 e. The number of nitrogens with one attached hydrogen (secondary N) is 1. The summed E-state index contributed by atoms with van der Waals surface area (Å²) in [7, 11) is 0. The monoisotopic (exact) mass is 520 g/mol. The molecule has 5 aromatic rings. The molecule has 0 saturated carbocycles. The van der Waals surface area contributed by atoms with E-state index in [9.17, 15) is 4.79 Å². The van der Waals surface area contributed by atoms with Crippen LogP contribution in [0.3, 0.4) is 0 Å². The number of H-pyrrole nitrogens is 1. The van der Waals surface area contributed by atoms with Gasteiger partial charge in [0, 0.05) is 12.0 Å². The van der Waals surface area contributed by atoms with Crippen molar-refractivity contribution in [3.63, 3.8) is 0 Å². The van der Waals surface area contributed by atoms with Crippen LogP contribution in [0, 0.1) is 0 Å². The Morgan fingerprint density at radius 3 is 2.44 bits per heavy atom. The lowest BCUT2D eigenvalue weighted by atomic mass is 9.98. The molecule has 0 aliphatic carbocycles. The number of tetrazole rings is 1. The van der Waals surface area contributed by atoms with Gasteiger partial charge in [0.2, 0.25) is 11.7 Å². The summed E-state index contributed by atoms with van der Waals surface area (Å²) < 4.78 is 8.96. The van der Waals surface area contributed by atoms with Gasteiger partial charge in [-0.2, -0.15) is 9.90 Å². The van der Waals surface area contributed by atoms with Gasteiger partial charge < -0.3 is 4.74 Å². The maximum atomic E-state index is 13.7. The number of benzene rings is 3. The molecule has 0 fully saturated rings. The molecule has 3 heterocycles. The Balaban J connectivity index is 1.34. The number of aliphatic imine (C=N–C) groups is 1. The van der Waals surface area contributed by atoms with E-state index in [1.165, 1.54) is 4.68 Å². The molecule has 1 aliphatic heterocycles. The van der Waals surface area contributed by atoms with E-state index in [0.29, 0.717) is 43.5 Å². The topological polar surface area (TPSA) is 116 Å². The molecule has 10 nitrogen and oxygen atoms in total. The zero-order chi connectivity index (χ0) is 26.6. The Morgan fingerprint density at radius 1 is 0.949 bits per heavy atom. The van der Waals surface area contributed by atoms with Crippen LogP contribution < -0.4 is 5.69 Å². The molecule has 1 aliphatic rings. The minimum absolute atomic E-state index is 0.182. The summed E-state index contributed by atoms with van der Waals surface area (Å²) in [6, 6.07) is 23.8. The van der Waals surface area contributed by atoms with Crippen molar-refractivity contribution in [1.82, 2.24) is 35.0 Å². The molecule has 39 heavy (non-hydrogen) atoms. The van der Waals surface area contributed by atoms with Gasteiger partial charge in [0.05, 0.1) is 24.3 Å². The van der Waals surface area contributed by atoms with Gasteiger partial charge in [-0.1, -0.05) is 74.0 Å². The van der Waals surface area contributed by atoms with E-state index in [2.05, 4.69) is 44.7 Å². The lowest BCUT2D eigenvalue weighted by molar-refractivity contribution is 0.348. The SMILES string of the molecule is CCCCc1nn(-c2ccccc2C2=NCCO2)c(=O)n1Cc1ccc(-c2ccccc2-c2nn[nH]n2)cc1. The molecule has 3 aromatic carbocycles. The smallest absolute Gasteiger partial charge is 0.351 e. The van der Waals surface area contributed by atoms with Gasteiger partial charge in [-0.3, -0.25) is 4.57 Å². The molecule has 6 rings (SSSR count). The van der Waals surface area contributed by atoms with E-state index in [1.54, 1.807) is 4.57 Å². The third-order valence-corrected chi connectivity index (χ3v) is 6.76. The molecule has 0 radical (unpaired) electrons. The van der Waals surface area contributed by atoms with Gasteiger partial charge in [0.15, 0.2) is 0 Å². The lowest BCUT2D eigenvalue weighted by Crippen LogP contribution is -2.26. The first-order valence-electron chi connectivity index (χ1n) is 13.1. The maximum absolute atomic E-state index is 13.7. The highest BCUT2D eigenvalue weighted by Crippen LogP contribution is 2.30. The number of aryl methyl sites for hydroxylation is 1. The normalized spacial score (nSPS) is 12.9. The largest absolute Gasteiger partial charge is 0.475 e. The highest BCUT2D eigenvalue weighted by molar-refractivity contribution is 5.98. The molecule has 10 heteroatoms. The summed E-state index contributed by atoms with van der Waals surface area (Å²) in [5.41, 5.74) is 5.20. The molecule has 0 saturated heterocycles. The van der Waals surface area contributed by atoms with E-state index in [1.807, 2.05) is 60.7 Å². The zero-order valence-corrected chi connectivity index (χ0v) is 21.6. The fourth-order valence-corrected chi connectivity index (χ4v) is 4.79. The van der Waals surface area contributed by atoms with Crippen molar-refractivity contribution in [3.05, 3.63) is 100 Å². The van der Waals surface area contributed by atoms with Crippen molar-refractivity contribution in [1.29, 1.82) is 0 Å². The number of para-hydroxylation sites is 1. The predicted octanol–water partition coefficient (Wildman–Crippen LogP) is 4.05. The van der Waals surface area contributed by atoms with Crippen LogP contribution in [0.2, 0.25) is 0 Å². The third kappa shape index (κ3) is 4.88. The summed E-state index contributed by atoms with van der Waals surface area (Å²) in [5, 5.41) is 19.3. The van der Waals surface area contributed by atoms with Crippen LogP contribution in [0.25, 0.3) is 28.2 Å². The van der Waals surface area contributed by atoms with Crippen LogP contribution in [0.15, 0.2) is 82.6 Å². The summed E-state index contributed by atoms with van der Waals surface area (Å²) in [6.07, 6.45) is 2.67. The number of aromatic amines is 1. The Hall–Kier alpha value is -4.86. The summed E-state index contributed by atoms with van der Waals surface area (Å²) in [6.45, 7) is 3.72. The minimum Gasteiger partial charge on any atom is -0.475 e. The highest BCUT2D eigenvalue weighted by atomic mass is 16.5.